The van der Waals surface area contributed by atoms with Crippen LogP contribution in [0.25, 0.3) is 0 Å². The molecule has 3 N–H and O–H groups in total. The molecule has 0 aromatic heterocycles. The van der Waals surface area contributed by atoms with Crippen LogP contribution in [0.3, 0.4) is 0 Å². The number of phenols is 3. The van der Waals surface area contributed by atoms with E-state index in [0.717, 1.165) is 11.3 Å². The third-order valence-electron chi connectivity index (χ3n) is 3.01. The quantitative estimate of drug-likeness (QED) is 0.790. The topological polar surface area (TPSA) is 69.9 Å². The fourth-order valence-corrected chi connectivity index (χ4v) is 1.94. The maximum atomic E-state index is 9.69. The Kier molecular flexibility index (Phi) is 3.80. The highest BCUT2D eigenvalue weighted by atomic mass is 16.5. The van der Waals surface area contributed by atoms with E-state index in [1.54, 1.807) is 7.11 Å². The van der Waals surface area contributed by atoms with Crippen LogP contribution in [-0.2, 0) is 12.8 Å². The van der Waals surface area contributed by atoms with Gasteiger partial charge < -0.3 is 20.1 Å². The molecule has 0 bridgehead atoms. The lowest BCUT2D eigenvalue weighted by Crippen LogP contribution is -1.93. The first kappa shape index (κ1) is 13.1. The molecule has 2 aromatic rings. The van der Waals surface area contributed by atoms with Crippen LogP contribution >= 0.6 is 0 Å². The molecule has 4 nitrogen and oxygen atoms in total. The fourth-order valence-electron chi connectivity index (χ4n) is 1.94. The lowest BCUT2D eigenvalue weighted by molar-refractivity contribution is 0.414. The first-order valence-electron chi connectivity index (χ1n) is 5.97. The molecule has 0 fully saturated rings. The molecular weight excluding hydrogens is 244 g/mol. The Morgan fingerprint density at radius 1 is 0.895 bits per heavy atom. The maximum absolute atomic E-state index is 9.69. The first-order valence-corrected chi connectivity index (χ1v) is 5.97. The summed E-state index contributed by atoms with van der Waals surface area (Å²) >= 11 is 0. The molecule has 0 aliphatic carbocycles. The molecule has 2 aromatic carbocycles. The summed E-state index contributed by atoms with van der Waals surface area (Å²) < 4.78 is 5.08. The van der Waals surface area contributed by atoms with Gasteiger partial charge in [0.2, 0.25) is 0 Å². The number of methoxy groups -OCH3 is 1. The van der Waals surface area contributed by atoms with Crippen LogP contribution in [0.1, 0.15) is 11.1 Å². The zero-order chi connectivity index (χ0) is 13.8. The van der Waals surface area contributed by atoms with E-state index in [2.05, 4.69) is 0 Å². The van der Waals surface area contributed by atoms with Crippen LogP contribution < -0.4 is 4.74 Å². The van der Waals surface area contributed by atoms with Crippen molar-refractivity contribution in [3.05, 3.63) is 47.5 Å². The highest BCUT2D eigenvalue weighted by Crippen LogP contribution is 2.32. The van der Waals surface area contributed by atoms with Gasteiger partial charge in [0.25, 0.3) is 0 Å². The van der Waals surface area contributed by atoms with Gasteiger partial charge in [-0.1, -0.05) is 12.1 Å². The molecule has 4 heteroatoms. The van der Waals surface area contributed by atoms with E-state index in [4.69, 9.17) is 4.74 Å². The Morgan fingerprint density at radius 2 is 1.47 bits per heavy atom. The van der Waals surface area contributed by atoms with E-state index in [0.29, 0.717) is 18.4 Å². The molecule has 0 radical (unpaired) electrons. The van der Waals surface area contributed by atoms with Gasteiger partial charge >= 0.3 is 0 Å². The first-order chi connectivity index (χ1) is 9.10. The smallest absolute Gasteiger partial charge is 0.126 e. The van der Waals surface area contributed by atoms with Gasteiger partial charge in [-0.2, -0.15) is 0 Å². The molecule has 0 atom stereocenters. The predicted molar refractivity (Wildman–Crippen MR) is 71.8 cm³/mol. The SMILES string of the molecule is COc1ccc(CCc2c(O)cc(O)cc2O)cc1. The summed E-state index contributed by atoms with van der Waals surface area (Å²) in [5.74, 6) is 0.458. The number of aromatic hydroxyl groups is 3. The Hall–Kier alpha value is -2.36. The van der Waals surface area contributed by atoms with Crippen molar-refractivity contribution in [1.29, 1.82) is 0 Å². The third-order valence-corrected chi connectivity index (χ3v) is 3.01. The van der Waals surface area contributed by atoms with Gasteiger partial charge in [-0.3, -0.25) is 0 Å². The van der Waals surface area contributed by atoms with Crippen LogP contribution in [0, 0.1) is 0 Å². The van der Waals surface area contributed by atoms with Crippen molar-refractivity contribution < 1.29 is 20.1 Å². The Morgan fingerprint density at radius 3 is 2.00 bits per heavy atom. The molecule has 0 unspecified atom stereocenters. The van der Waals surface area contributed by atoms with Crippen LogP contribution in [0.4, 0.5) is 0 Å². The van der Waals surface area contributed by atoms with Crippen molar-refractivity contribution in [2.75, 3.05) is 7.11 Å². The molecule has 0 aliphatic rings. The summed E-state index contributed by atoms with van der Waals surface area (Å²) in [4.78, 5) is 0. The van der Waals surface area contributed by atoms with Crippen molar-refractivity contribution >= 4 is 0 Å². The highest BCUT2D eigenvalue weighted by Gasteiger charge is 2.09. The Bertz CT molecular complexity index is 538. The third kappa shape index (κ3) is 3.10. The summed E-state index contributed by atoms with van der Waals surface area (Å²) in [6, 6.07) is 10.1. The molecular formula is C15H16O4. The van der Waals surface area contributed by atoms with E-state index in [1.165, 1.54) is 12.1 Å². The minimum atomic E-state index is -0.150. The van der Waals surface area contributed by atoms with E-state index in [-0.39, 0.29) is 17.2 Å². The van der Waals surface area contributed by atoms with Gasteiger partial charge in [0.15, 0.2) is 0 Å². The second-order valence-corrected chi connectivity index (χ2v) is 4.31. The van der Waals surface area contributed by atoms with Crippen molar-refractivity contribution in [3.8, 4) is 23.0 Å². The zero-order valence-electron chi connectivity index (χ0n) is 10.6. The minimum absolute atomic E-state index is 0.0917. The number of rotatable bonds is 4. The maximum Gasteiger partial charge on any atom is 0.126 e. The van der Waals surface area contributed by atoms with Gasteiger partial charge in [-0.05, 0) is 30.5 Å². The van der Waals surface area contributed by atoms with Crippen LogP contribution in [0.15, 0.2) is 36.4 Å². The standard InChI is InChI=1S/C15H16O4/c1-19-12-5-2-10(3-6-12)4-7-13-14(17)8-11(16)9-15(13)18/h2-3,5-6,8-9,16-18H,4,7H2,1H3. The largest absolute Gasteiger partial charge is 0.508 e. The Balaban J connectivity index is 2.10. The van der Waals surface area contributed by atoms with Crippen molar-refractivity contribution in [2.45, 2.75) is 12.8 Å². The summed E-state index contributed by atoms with van der Waals surface area (Å²) in [7, 11) is 1.61. The number of hydrogen-bond acceptors (Lipinski definition) is 4. The monoisotopic (exact) mass is 260 g/mol. The van der Waals surface area contributed by atoms with Crippen LogP contribution in [0.5, 0.6) is 23.0 Å². The summed E-state index contributed by atoms with van der Waals surface area (Å²) in [5.41, 5.74) is 1.52. The number of aryl methyl sites for hydroxylation is 1. The minimum Gasteiger partial charge on any atom is -0.508 e. The van der Waals surface area contributed by atoms with Crippen molar-refractivity contribution in [3.63, 3.8) is 0 Å². The van der Waals surface area contributed by atoms with Crippen LogP contribution in [0.2, 0.25) is 0 Å². The fraction of sp³-hybridized carbons (Fsp3) is 0.200. The number of ether oxygens (including phenoxy) is 1. The zero-order valence-corrected chi connectivity index (χ0v) is 10.6. The van der Waals surface area contributed by atoms with Crippen LogP contribution in [-0.4, -0.2) is 22.4 Å². The van der Waals surface area contributed by atoms with E-state index in [1.807, 2.05) is 24.3 Å². The predicted octanol–water partition coefficient (Wildman–Crippen LogP) is 2.60. The molecule has 0 heterocycles. The summed E-state index contributed by atoms with van der Waals surface area (Å²) in [6.45, 7) is 0. The van der Waals surface area contributed by atoms with Gasteiger partial charge in [0.05, 0.1) is 7.11 Å². The molecule has 0 spiro atoms. The molecule has 19 heavy (non-hydrogen) atoms. The molecule has 0 amide bonds. The summed E-state index contributed by atoms with van der Waals surface area (Å²) in [6.07, 6.45) is 1.17. The van der Waals surface area contributed by atoms with Gasteiger partial charge in [-0.15, -0.1) is 0 Å². The van der Waals surface area contributed by atoms with E-state index in [9.17, 15) is 15.3 Å². The normalized spacial score (nSPS) is 10.4. The number of hydrogen-bond donors (Lipinski definition) is 3. The van der Waals surface area contributed by atoms with E-state index >= 15 is 0 Å². The molecule has 100 valence electrons. The van der Waals surface area contributed by atoms with Gasteiger partial charge in [-0.25, -0.2) is 0 Å². The van der Waals surface area contributed by atoms with Crippen molar-refractivity contribution in [1.82, 2.24) is 0 Å². The van der Waals surface area contributed by atoms with E-state index < -0.39 is 0 Å². The molecule has 0 aliphatic heterocycles. The average molecular weight is 260 g/mol. The second-order valence-electron chi connectivity index (χ2n) is 4.31. The molecule has 2 rings (SSSR count). The van der Waals surface area contributed by atoms with Gasteiger partial charge in [0.1, 0.15) is 23.0 Å². The summed E-state index contributed by atoms with van der Waals surface area (Å²) in [5, 5.41) is 28.6. The number of benzene rings is 2. The van der Waals surface area contributed by atoms with Crippen molar-refractivity contribution in [2.24, 2.45) is 0 Å². The average Bonchev–Trinajstić information content (AvgIpc) is 2.38. The lowest BCUT2D eigenvalue weighted by atomic mass is 10.0. The number of phenolic OH excluding ortho intramolecular Hbond substituents is 3. The molecule has 0 saturated carbocycles. The Labute approximate surface area is 111 Å². The van der Waals surface area contributed by atoms with Gasteiger partial charge in [0, 0.05) is 17.7 Å². The highest BCUT2D eigenvalue weighted by molar-refractivity contribution is 5.49. The lowest BCUT2D eigenvalue weighted by Gasteiger charge is -2.08. The second kappa shape index (κ2) is 5.52. The molecule has 0 saturated heterocycles.